The molecule has 3 fully saturated rings. The van der Waals surface area contributed by atoms with E-state index in [-0.39, 0.29) is 18.4 Å². The summed E-state index contributed by atoms with van der Waals surface area (Å²) < 4.78 is 0. The van der Waals surface area contributed by atoms with Crippen LogP contribution in [-0.2, 0) is 4.79 Å². The van der Waals surface area contributed by atoms with Crippen molar-refractivity contribution in [3.8, 4) is 0 Å². The lowest BCUT2D eigenvalue weighted by atomic mass is 9.78. The van der Waals surface area contributed by atoms with Gasteiger partial charge >= 0.3 is 0 Å². The van der Waals surface area contributed by atoms with E-state index in [1.165, 1.54) is 38.5 Å². The zero-order valence-electron chi connectivity index (χ0n) is 13.2. The standard InChI is InChI=1S/C16H29N3O.ClH/c1-12-14(17)8-10-18(12)11-16(20)19-9-4-6-13-5-2-3-7-15(13)19;/h12-15H,2-11,17H2,1H3;1H. The molecule has 1 amide bonds. The van der Waals surface area contributed by atoms with Crippen molar-refractivity contribution in [1.82, 2.24) is 9.80 Å². The number of fused-ring (bicyclic) bond motifs is 1. The zero-order chi connectivity index (χ0) is 14.1. The fraction of sp³-hybridized carbons (Fsp3) is 0.938. The summed E-state index contributed by atoms with van der Waals surface area (Å²) in [6.07, 6.45) is 8.78. The minimum Gasteiger partial charge on any atom is -0.338 e. The van der Waals surface area contributed by atoms with Crippen LogP contribution >= 0.6 is 12.4 Å². The summed E-state index contributed by atoms with van der Waals surface area (Å²) in [5.41, 5.74) is 6.06. The number of carbonyl (C=O) groups is 1. The van der Waals surface area contributed by atoms with Gasteiger partial charge < -0.3 is 10.6 Å². The summed E-state index contributed by atoms with van der Waals surface area (Å²) in [6.45, 7) is 4.70. The van der Waals surface area contributed by atoms with E-state index in [0.29, 0.717) is 24.5 Å². The average Bonchev–Trinajstić information content (AvgIpc) is 2.78. The van der Waals surface area contributed by atoms with Crippen LogP contribution in [0.15, 0.2) is 0 Å². The predicted molar refractivity (Wildman–Crippen MR) is 87.6 cm³/mol. The summed E-state index contributed by atoms with van der Waals surface area (Å²) in [5.74, 6) is 1.13. The molecule has 5 heteroatoms. The maximum Gasteiger partial charge on any atom is 0.237 e. The van der Waals surface area contributed by atoms with Gasteiger partial charge in [0, 0.05) is 31.2 Å². The average molecular weight is 316 g/mol. The van der Waals surface area contributed by atoms with Crippen molar-refractivity contribution in [2.75, 3.05) is 19.6 Å². The lowest BCUT2D eigenvalue weighted by molar-refractivity contribution is -0.139. The van der Waals surface area contributed by atoms with Crippen molar-refractivity contribution >= 4 is 18.3 Å². The van der Waals surface area contributed by atoms with Gasteiger partial charge in [0.2, 0.25) is 5.91 Å². The molecular weight excluding hydrogens is 286 g/mol. The van der Waals surface area contributed by atoms with Crippen LogP contribution in [0.2, 0.25) is 0 Å². The van der Waals surface area contributed by atoms with E-state index in [0.717, 1.165) is 25.4 Å². The molecule has 0 aromatic rings. The molecule has 0 bridgehead atoms. The summed E-state index contributed by atoms with van der Waals surface area (Å²) in [4.78, 5) is 17.2. The van der Waals surface area contributed by atoms with E-state index in [1.807, 2.05) is 0 Å². The molecule has 3 aliphatic rings. The van der Waals surface area contributed by atoms with Crippen molar-refractivity contribution in [3.63, 3.8) is 0 Å². The van der Waals surface area contributed by atoms with Crippen molar-refractivity contribution in [2.24, 2.45) is 11.7 Å². The van der Waals surface area contributed by atoms with E-state index in [2.05, 4.69) is 16.7 Å². The van der Waals surface area contributed by atoms with Gasteiger partial charge in [-0.3, -0.25) is 9.69 Å². The number of nitrogens with two attached hydrogens (primary N) is 1. The monoisotopic (exact) mass is 315 g/mol. The highest BCUT2D eigenvalue weighted by Gasteiger charge is 2.37. The number of likely N-dealkylation sites (tertiary alicyclic amines) is 2. The Kier molecular flexibility index (Phi) is 5.92. The van der Waals surface area contributed by atoms with E-state index >= 15 is 0 Å². The second-order valence-corrected chi connectivity index (χ2v) is 7.00. The number of amides is 1. The molecule has 4 unspecified atom stereocenters. The Morgan fingerprint density at radius 2 is 1.81 bits per heavy atom. The van der Waals surface area contributed by atoms with Crippen molar-refractivity contribution in [3.05, 3.63) is 0 Å². The maximum absolute atomic E-state index is 12.7. The van der Waals surface area contributed by atoms with Gasteiger partial charge in [0.15, 0.2) is 0 Å². The molecule has 2 heterocycles. The van der Waals surface area contributed by atoms with E-state index in [1.54, 1.807) is 0 Å². The second-order valence-electron chi connectivity index (χ2n) is 7.00. The first kappa shape index (κ1) is 17.0. The highest BCUT2D eigenvalue weighted by atomic mass is 35.5. The molecular formula is C16H30ClN3O. The fourth-order valence-electron chi connectivity index (χ4n) is 4.45. The molecule has 4 atom stereocenters. The third-order valence-corrected chi connectivity index (χ3v) is 5.85. The van der Waals surface area contributed by atoms with Gasteiger partial charge in [-0.2, -0.15) is 0 Å². The first-order valence-electron chi connectivity index (χ1n) is 8.46. The highest BCUT2D eigenvalue weighted by molar-refractivity contribution is 5.85. The Hall–Kier alpha value is -0.320. The SMILES string of the molecule is CC1C(N)CCN1CC(=O)N1CCCC2CCCCC21.Cl. The minimum atomic E-state index is 0. The highest BCUT2D eigenvalue weighted by Crippen LogP contribution is 2.35. The summed E-state index contributed by atoms with van der Waals surface area (Å²) >= 11 is 0. The maximum atomic E-state index is 12.7. The number of halogens is 1. The number of rotatable bonds is 2. The van der Waals surface area contributed by atoms with Crippen LogP contribution in [0.3, 0.4) is 0 Å². The smallest absolute Gasteiger partial charge is 0.237 e. The van der Waals surface area contributed by atoms with Crippen molar-refractivity contribution < 1.29 is 4.79 Å². The van der Waals surface area contributed by atoms with Crippen LogP contribution in [0, 0.1) is 5.92 Å². The predicted octanol–water partition coefficient (Wildman–Crippen LogP) is 2.01. The Labute approximate surface area is 134 Å². The number of carbonyl (C=O) groups excluding carboxylic acids is 1. The van der Waals surface area contributed by atoms with Crippen molar-refractivity contribution in [1.29, 1.82) is 0 Å². The molecule has 1 aliphatic carbocycles. The Morgan fingerprint density at radius 3 is 2.52 bits per heavy atom. The van der Waals surface area contributed by atoms with E-state index in [9.17, 15) is 4.79 Å². The summed E-state index contributed by atoms with van der Waals surface area (Å²) in [6, 6.07) is 1.13. The Balaban J connectivity index is 0.00000161. The third kappa shape index (κ3) is 3.54. The second kappa shape index (κ2) is 7.30. The van der Waals surface area contributed by atoms with Gasteiger partial charge in [0.1, 0.15) is 0 Å². The molecule has 2 aliphatic heterocycles. The molecule has 2 N–H and O–H groups in total. The van der Waals surface area contributed by atoms with E-state index < -0.39 is 0 Å². The van der Waals surface area contributed by atoms with Gasteiger partial charge in [-0.1, -0.05) is 12.8 Å². The van der Waals surface area contributed by atoms with Crippen LogP contribution < -0.4 is 5.73 Å². The number of hydrogen-bond donors (Lipinski definition) is 1. The molecule has 0 radical (unpaired) electrons. The molecule has 4 nitrogen and oxygen atoms in total. The molecule has 122 valence electrons. The van der Waals surface area contributed by atoms with Gasteiger partial charge in [-0.25, -0.2) is 0 Å². The molecule has 0 spiro atoms. The Bertz CT molecular complexity index is 363. The summed E-state index contributed by atoms with van der Waals surface area (Å²) in [5, 5.41) is 0. The Morgan fingerprint density at radius 1 is 1.10 bits per heavy atom. The number of hydrogen-bond acceptors (Lipinski definition) is 3. The fourth-order valence-corrected chi connectivity index (χ4v) is 4.45. The van der Waals surface area contributed by atoms with Gasteiger partial charge in [-0.15, -0.1) is 12.4 Å². The van der Waals surface area contributed by atoms with Crippen LogP contribution in [0.25, 0.3) is 0 Å². The third-order valence-electron chi connectivity index (χ3n) is 5.85. The van der Waals surface area contributed by atoms with Gasteiger partial charge in [0.25, 0.3) is 0 Å². The van der Waals surface area contributed by atoms with Crippen LogP contribution in [0.1, 0.15) is 51.9 Å². The molecule has 2 saturated heterocycles. The minimum absolute atomic E-state index is 0. The van der Waals surface area contributed by atoms with Gasteiger partial charge in [-0.05, 0) is 44.9 Å². The number of piperidine rings is 1. The molecule has 3 rings (SSSR count). The van der Waals surface area contributed by atoms with E-state index in [4.69, 9.17) is 5.73 Å². The number of nitrogens with zero attached hydrogens (tertiary/aromatic N) is 2. The molecule has 0 aromatic carbocycles. The van der Waals surface area contributed by atoms with Crippen molar-refractivity contribution in [2.45, 2.75) is 70.0 Å². The topological polar surface area (TPSA) is 49.6 Å². The quantitative estimate of drug-likeness (QED) is 0.848. The van der Waals surface area contributed by atoms with Crippen LogP contribution in [0.5, 0.6) is 0 Å². The molecule has 21 heavy (non-hydrogen) atoms. The normalized spacial score (nSPS) is 37.0. The van der Waals surface area contributed by atoms with Crippen LogP contribution in [-0.4, -0.2) is 53.5 Å². The lowest BCUT2D eigenvalue weighted by Crippen LogP contribution is -2.53. The first-order valence-corrected chi connectivity index (χ1v) is 8.46. The van der Waals surface area contributed by atoms with Crippen LogP contribution in [0.4, 0.5) is 0 Å². The van der Waals surface area contributed by atoms with Gasteiger partial charge in [0.05, 0.1) is 6.54 Å². The first-order chi connectivity index (χ1) is 9.66. The summed E-state index contributed by atoms with van der Waals surface area (Å²) in [7, 11) is 0. The molecule has 0 aromatic heterocycles. The zero-order valence-corrected chi connectivity index (χ0v) is 14.0. The largest absolute Gasteiger partial charge is 0.338 e. The molecule has 1 saturated carbocycles. The lowest BCUT2D eigenvalue weighted by Gasteiger charge is -2.44.